The predicted molar refractivity (Wildman–Crippen MR) is 109 cm³/mol. The highest BCUT2D eigenvalue weighted by molar-refractivity contribution is 5.79. The van der Waals surface area contributed by atoms with E-state index in [0.717, 1.165) is 24.3 Å². The monoisotopic (exact) mass is 352 g/mol. The van der Waals surface area contributed by atoms with E-state index in [4.69, 9.17) is 10.7 Å². The number of rotatable bonds is 4. The van der Waals surface area contributed by atoms with Crippen molar-refractivity contribution in [2.24, 2.45) is 11.7 Å². The number of aryl methyl sites for hydroxylation is 1. The van der Waals surface area contributed by atoms with Crippen molar-refractivity contribution in [3.8, 4) is 0 Å². The highest BCUT2D eigenvalue weighted by Crippen LogP contribution is 2.30. The highest BCUT2D eigenvalue weighted by Gasteiger charge is 2.25. The van der Waals surface area contributed by atoms with Crippen LogP contribution in [0.5, 0.6) is 0 Å². The predicted octanol–water partition coefficient (Wildman–Crippen LogP) is 4.88. The number of nitrogens with zero attached hydrogens (tertiary/aromatic N) is 3. The van der Waals surface area contributed by atoms with E-state index in [1.807, 2.05) is 0 Å². The Kier molecular flexibility index (Phi) is 4.55. The van der Waals surface area contributed by atoms with Gasteiger partial charge in [0.2, 0.25) is 5.78 Å². The summed E-state index contributed by atoms with van der Waals surface area (Å²) < 4.78 is 4.66. The van der Waals surface area contributed by atoms with Crippen LogP contribution in [0.4, 0.5) is 0 Å². The summed E-state index contributed by atoms with van der Waals surface area (Å²) in [5.74, 6) is 1.75. The van der Waals surface area contributed by atoms with Crippen molar-refractivity contribution in [3.05, 3.63) is 36.2 Å². The maximum absolute atomic E-state index is 6.60. The van der Waals surface area contributed by atoms with Crippen LogP contribution in [0, 0.1) is 5.92 Å². The molecule has 1 unspecified atom stereocenters. The van der Waals surface area contributed by atoms with Crippen molar-refractivity contribution in [3.63, 3.8) is 0 Å². The van der Waals surface area contributed by atoms with Crippen LogP contribution in [0.1, 0.15) is 65.0 Å². The van der Waals surface area contributed by atoms with Gasteiger partial charge < -0.3 is 10.3 Å². The van der Waals surface area contributed by atoms with Gasteiger partial charge in [0.25, 0.3) is 0 Å². The molecule has 140 valence electrons. The molecule has 1 aliphatic carbocycles. The lowest BCUT2D eigenvalue weighted by molar-refractivity contribution is 0.287. The number of benzene rings is 1. The molecule has 3 aromatic rings. The molecule has 0 spiro atoms. The topological polar surface area (TPSA) is 48.2 Å². The molecule has 0 bridgehead atoms. The van der Waals surface area contributed by atoms with Crippen LogP contribution in [0.15, 0.2) is 30.5 Å². The Morgan fingerprint density at radius 3 is 2.62 bits per heavy atom. The van der Waals surface area contributed by atoms with Crippen molar-refractivity contribution in [1.82, 2.24) is 14.0 Å². The standard InChI is InChI=1S/C22H32N4/c1-22(2,3)20-15-26-19-12-8-7-11-18(19)24-21(26)25(20)14-13-17(23)16-9-5-4-6-10-16/h7-8,11-12,15-17H,4-6,9-10,13-14,23H2,1-3H3. The fraction of sp³-hybridized carbons (Fsp3) is 0.591. The van der Waals surface area contributed by atoms with Crippen molar-refractivity contribution in [1.29, 1.82) is 0 Å². The molecule has 1 fully saturated rings. The molecule has 1 aromatic carbocycles. The number of para-hydroxylation sites is 2. The van der Waals surface area contributed by atoms with Crippen LogP contribution < -0.4 is 5.73 Å². The first-order valence-electron chi connectivity index (χ1n) is 10.2. The smallest absolute Gasteiger partial charge is 0.215 e. The summed E-state index contributed by atoms with van der Waals surface area (Å²) in [6, 6.07) is 8.69. The lowest BCUT2D eigenvalue weighted by atomic mass is 9.83. The molecule has 26 heavy (non-hydrogen) atoms. The maximum atomic E-state index is 6.60. The Hall–Kier alpha value is -1.81. The van der Waals surface area contributed by atoms with Gasteiger partial charge in [-0.25, -0.2) is 4.98 Å². The molecular formula is C22H32N4. The fourth-order valence-corrected chi connectivity index (χ4v) is 4.54. The lowest BCUT2D eigenvalue weighted by Crippen LogP contribution is -2.33. The van der Waals surface area contributed by atoms with Gasteiger partial charge in [-0.1, -0.05) is 52.2 Å². The van der Waals surface area contributed by atoms with E-state index in [9.17, 15) is 0 Å². The largest absolute Gasteiger partial charge is 0.327 e. The number of aromatic nitrogens is 3. The molecule has 2 heterocycles. The maximum Gasteiger partial charge on any atom is 0.215 e. The van der Waals surface area contributed by atoms with Crippen LogP contribution in [0.2, 0.25) is 0 Å². The van der Waals surface area contributed by atoms with Gasteiger partial charge >= 0.3 is 0 Å². The molecule has 0 amide bonds. The van der Waals surface area contributed by atoms with Gasteiger partial charge in [0.1, 0.15) is 0 Å². The van der Waals surface area contributed by atoms with Gasteiger partial charge in [-0.3, -0.25) is 4.40 Å². The van der Waals surface area contributed by atoms with Crippen LogP contribution in [0.3, 0.4) is 0 Å². The average Bonchev–Trinajstić information content (AvgIpc) is 3.16. The minimum absolute atomic E-state index is 0.0801. The van der Waals surface area contributed by atoms with E-state index in [1.54, 1.807) is 0 Å². The number of fused-ring (bicyclic) bond motifs is 3. The number of imidazole rings is 2. The molecule has 2 N–H and O–H groups in total. The number of hydrogen-bond acceptors (Lipinski definition) is 2. The van der Waals surface area contributed by atoms with E-state index in [-0.39, 0.29) is 5.41 Å². The van der Waals surface area contributed by atoms with Gasteiger partial charge in [0.05, 0.1) is 11.0 Å². The lowest BCUT2D eigenvalue weighted by Gasteiger charge is -2.28. The van der Waals surface area contributed by atoms with Crippen LogP contribution in [-0.2, 0) is 12.0 Å². The van der Waals surface area contributed by atoms with Crippen molar-refractivity contribution in [2.45, 2.75) is 77.3 Å². The van der Waals surface area contributed by atoms with Crippen LogP contribution >= 0.6 is 0 Å². The van der Waals surface area contributed by atoms with Gasteiger partial charge in [-0.2, -0.15) is 0 Å². The van der Waals surface area contributed by atoms with E-state index in [1.165, 1.54) is 43.3 Å². The van der Waals surface area contributed by atoms with Gasteiger partial charge in [-0.05, 0) is 37.3 Å². The first-order chi connectivity index (χ1) is 12.4. The van der Waals surface area contributed by atoms with Crippen molar-refractivity contribution >= 4 is 16.8 Å². The summed E-state index contributed by atoms with van der Waals surface area (Å²) in [7, 11) is 0. The zero-order valence-electron chi connectivity index (χ0n) is 16.4. The van der Waals surface area contributed by atoms with E-state index in [0.29, 0.717) is 12.0 Å². The molecular weight excluding hydrogens is 320 g/mol. The summed E-state index contributed by atoms with van der Waals surface area (Å²) >= 11 is 0. The summed E-state index contributed by atoms with van der Waals surface area (Å²) in [5, 5.41) is 0. The average molecular weight is 353 g/mol. The number of hydrogen-bond donors (Lipinski definition) is 1. The summed E-state index contributed by atoms with van der Waals surface area (Å²) in [6.45, 7) is 7.79. The van der Waals surface area contributed by atoms with E-state index < -0.39 is 0 Å². The molecule has 1 aliphatic rings. The van der Waals surface area contributed by atoms with Crippen LogP contribution in [-0.4, -0.2) is 20.0 Å². The quantitative estimate of drug-likeness (QED) is 0.727. The summed E-state index contributed by atoms with van der Waals surface area (Å²) in [6.07, 6.45) is 10.0. The second-order valence-corrected chi connectivity index (χ2v) is 9.04. The Labute approximate surface area is 156 Å². The molecule has 0 aliphatic heterocycles. The van der Waals surface area contributed by atoms with E-state index >= 15 is 0 Å². The molecule has 0 saturated heterocycles. The molecule has 1 atom stereocenters. The molecule has 4 nitrogen and oxygen atoms in total. The SMILES string of the molecule is CC(C)(C)c1cn2c3ccccc3nc2n1CCC(N)C1CCCCC1. The molecule has 2 aromatic heterocycles. The first kappa shape index (κ1) is 17.6. The zero-order chi connectivity index (χ0) is 18.3. The van der Waals surface area contributed by atoms with Gasteiger partial charge in [0, 0.05) is 29.9 Å². The normalized spacial score (nSPS) is 18.0. The molecule has 4 heteroatoms. The van der Waals surface area contributed by atoms with Crippen molar-refractivity contribution in [2.75, 3.05) is 0 Å². The third-order valence-corrected chi connectivity index (χ3v) is 6.07. The fourth-order valence-electron chi connectivity index (χ4n) is 4.54. The highest BCUT2D eigenvalue weighted by atomic mass is 15.2. The first-order valence-corrected chi connectivity index (χ1v) is 10.2. The van der Waals surface area contributed by atoms with Crippen molar-refractivity contribution < 1.29 is 0 Å². The second kappa shape index (κ2) is 6.73. The Balaban J connectivity index is 1.67. The van der Waals surface area contributed by atoms with E-state index in [2.05, 4.69) is 60.2 Å². The third kappa shape index (κ3) is 3.16. The summed E-state index contributed by atoms with van der Waals surface area (Å²) in [5.41, 5.74) is 10.3. The molecule has 0 radical (unpaired) electrons. The third-order valence-electron chi connectivity index (χ3n) is 6.07. The Bertz CT molecular complexity index is 890. The Morgan fingerprint density at radius 2 is 1.88 bits per heavy atom. The minimum atomic E-state index is 0.0801. The minimum Gasteiger partial charge on any atom is -0.327 e. The zero-order valence-corrected chi connectivity index (χ0v) is 16.4. The molecule has 1 saturated carbocycles. The molecule has 4 rings (SSSR count). The van der Waals surface area contributed by atoms with Gasteiger partial charge in [0.15, 0.2) is 0 Å². The number of nitrogens with two attached hydrogens (primary N) is 1. The Morgan fingerprint density at radius 1 is 1.15 bits per heavy atom. The second-order valence-electron chi connectivity index (χ2n) is 9.04. The summed E-state index contributed by atoms with van der Waals surface area (Å²) in [4.78, 5) is 4.92. The van der Waals surface area contributed by atoms with Gasteiger partial charge in [-0.15, -0.1) is 0 Å². The van der Waals surface area contributed by atoms with Crippen LogP contribution in [0.25, 0.3) is 16.8 Å².